The Labute approximate surface area is 128 Å². The molecule has 2 heteroatoms. The van der Waals surface area contributed by atoms with Crippen molar-refractivity contribution in [3.8, 4) is 0 Å². The van der Waals surface area contributed by atoms with E-state index in [1.54, 1.807) is 0 Å². The van der Waals surface area contributed by atoms with Gasteiger partial charge in [-0.1, -0.05) is 57.5 Å². The van der Waals surface area contributed by atoms with Gasteiger partial charge in [0.2, 0.25) is 0 Å². The lowest BCUT2D eigenvalue weighted by atomic mass is 9.88. The smallest absolute Gasteiger partial charge is 0.0201 e. The van der Waals surface area contributed by atoms with Crippen molar-refractivity contribution in [1.29, 1.82) is 0 Å². The second-order valence-corrected chi connectivity index (χ2v) is 7.72. The van der Waals surface area contributed by atoms with Crippen LogP contribution >= 0.6 is 11.8 Å². The summed E-state index contributed by atoms with van der Waals surface area (Å²) in [5, 5.41) is 4.71. The van der Waals surface area contributed by atoms with E-state index in [1.807, 2.05) is 0 Å². The monoisotopic (exact) mass is 291 g/mol. The first-order valence-corrected chi connectivity index (χ1v) is 9.17. The summed E-state index contributed by atoms with van der Waals surface area (Å²) in [5.74, 6) is 2.56. The van der Waals surface area contributed by atoms with Crippen LogP contribution in [0.1, 0.15) is 51.5 Å². The van der Waals surface area contributed by atoms with Crippen molar-refractivity contribution in [2.75, 3.05) is 12.3 Å². The fourth-order valence-corrected chi connectivity index (χ4v) is 4.52. The molecule has 112 valence electrons. The van der Waals surface area contributed by atoms with Crippen LogP contribution in [0.5, 0.6) is 0 Å². The van der Waals surface area contributed by atoms with Crippen LogP contribution in [0.25, 0.3) is 0 Å². The molecule has 1 saturated carbocycles. The van der Waals surface area contributed by atoms with Crippen LogP contribution in [0.2, 0.25) is 0 Å². The zero-order chi connectivity index (χ0) is 14.4. The van der Waals surface area contributed by atoms with Crippen molar-refractivity contribution in [3.63, 3.8) is 0 Å². The minimum Gasteiger partial charge on any atom is -0.312 e. The Balaban J connectivity index is 1.93. The zero-order valence-corrected chi connectivity index (χ0v) is 14.0. The number of nitrogens with one attached hydrogen (secondary N) is 1. The summed E-state index contributed by atoms with van der Waals surface area (Å²) in [7, 11) is 0. The van der Waals surface area contributed by atoms with Gasteiger partial charge >= 0.3 is 0 Å². The van der Waals surface area contributed by atoms with Gasteiger partial charge in [-0.3, -0.25) is 0 Å². The molecule has 0 radical (unpaired) electrons. The van der Waals surface area contributed by atoms with Gasteiger partial charge < -0.3 is 5.32 Å². The normalized spacial score (nSPS) is 24.2. The third kappa shape index (κ3) is 4.26. The minimum atomic E-state index is 0.629. The molecule has 0 spiro atoms. The van der Waals surface area contributed by atoms with Gasteiger partial charge in [0, 0.05) is 17.8 Å². The average Bonchev–Trinajstić information content (AvgIpc) is 2.88. The Bertz CT molecular complexity index is 376. The molecular weight excluding hydrogens is 262 g/mol. The number of hydrogen-bond donors (Lipinski definition) is 1. The Kier molecular flexibility index (Phi) is 6.44. The lowest BCUT2D eigenvalue weighted by molar-refractivity contribution is 0.426. The molecule has 0 saturated heterocycles. The first-order chi connectivity index (χ1) is 9.72. The molecule has 1 aromatic carbocycles. The second-order valence-electron chi connectivity index (χ2n) is 6.20. The fraction of sp³-hybridized carbons (Fsp3) is 0.667. The fourth-order valence-electron chi connectivity index (χ4n) is 3.29. The lowest BCUT2D eigenvalue weighted by Crippen LogP contribution is -2.37. The van der Waals surface area contributed by atoms with Crippen LogP contribution in [-0.2, 0) is 0 Å². The molecule has 2 rings (SSSR count). The van der Waals surface area contributed by atoms with Crippen molar-refractivity contribution in [2.24, 2.45) is 5.92 Å². The molecule has 3 atom stereocenters. The summed E-state index contributed by atoms with van der Waals surface area (Å²) in [4.78, 5) is 0. The maximum Gasteiger partial charge on any atom is 0.0201 e. The van der Waals surface area contributed by atoms with E-state index in [1.165, 1.54) is 30.6 Å². The Morgan fingerprint density at radius 1 is 1.20 bits per heavy atom. The SMILES string of the molecule is CCSC1CCCC1NCC(c1ccccc1)C(C)C. The van der Waals surface area contributed by atoms with Gasteiger partial charge in [-0.05, 0) is 36.0 Å². The van der Waals surface area contributed by atoms with Gasteiger partial charge in [0.25, 0.3) is 0 Å². The zero-order valence-electron chi connectivity index (χ0n) is 13.1. The van der Waals surface area contributed by atoms with Gasteiger partial charge in [-0.25, -0.2) is 0 Å². The molecule has 1 aromatic rings. The third-order valence-electron chi connectivity index (χ3n) is 4.47. The van der Waals surface area contributed by atoms with Gasteiger partial charge in [0.15, 0.2) is 0 Å². The largest absolute Gasteiger partial charge is 0.312 e. The van der Waals surface area contributed by atoms with Gasteiger partial charge in [-0.2, -0.15) is 11.8 Å². The number of thioether (sulfide) groups is 1. The molecule has 1 nitrogen and oxygen atoms in total. The Morgan fingerprint density at radius 3 is 2.60 bits per heavy atom. The van der Waals surface area contributed by atoms with E-state index in [0.29, 0.717) is 11.8 Å². The van der Waals surface area contributed by atoms with Crippen molar-refractivity contribution < 1.29 is 0 Å². The van der Waals surface area contributed by atoms with E-state index in [2.05, 4.69) is 68.2 Å². The highest BCUT2D eigenvalue weighted by Crippen LogP contribution is 2.31. The standard InChI is InChI=1S/C18H29NS/c1-4-20-18-12-8-11-17(18)19-13-16(14(2)3)15-9-6-5-7-10-15/h5-7,9-10,14,16-19H,4,8,11-13H2,1-3H3. The molecule has 0 amide bonds. The topological polar surface area (TPSA) is 12.0 Å². The highest BCUT2D eigenvalue weighted by molar-refractivity contribution is 7.99. The van der Waals surface area contributed by atoms with E-state index in [-0.39, 0.29) is 0 Å². The van der Waals surface area contributed by atoms with Gasteiger partial charge in [0.1, 0.15) is 0 Å². The maximum atomic E-state index is 3.88. The average molecular weight is 292 g/mol. The van der Waals surface area contributed by atoms with Crippen LogP contribution in [0.15, 0.2) is 30.3 Å². The quantitative estimate of drug-likeness (QED) is 0.782. The van der Waals surface area contributed by atoms with Gasteiger partial charge in [0.05, 0.1) is 0 Å². The summed E-state index contributed by atoms with van der Waals surface area (Å²) in [6.45, 7) is 8.08. The van der Waals surface area contributed by atoms with Crippen LogP contribution < -0.4 is 5.32 Å². The van der Waals surface area contributed by atoms with E-state index in [9.17, 15) is 0 Å². The number of benzene rings is 1. The number of rotatable bonds is 7. The van der Waals surface area contributed by atoms with Crippen LogP contribution in [0.4, 0.5) is 0 Å². The van der Waals surface area contributed by atoms with Crippen molar-refractivity contribution in [1.82, 2.24) is 5.32 Å². The van der Waals surface area contributed by atoms with E-state index in [4.69, 9.17) is 0 Å². The van der Waals surface area contributed by atoms with Crippen molar-refractivity contribution >= 4 is 11.8 Å². The van der Waals surface area contributed by atoms with Crippen LogP contribution in [0.3, 0.4) is 0 Å². The summed E-state index contributed by atoms with van der Waals surface area (Å²) in [6, 6.07) is 11.7. The molecule has 3 unspecified atom stereocenters. The maximum absolute atomic E-state index is 3.88. The molecule has 1 fully saturated rings. The first-order valence-electron chi connectivity index (χ1n) is 8.12. The highest BCUT2D eigenvalue weighted by atomic mass is 32.2. The second kappa shape index (κ2) is 8.09. The number of hydrogen-bond acceptors (Lipinski definition) is 2. The molecule has 0 heterocycles. The van der Waals surface area contributed by atoms with E-state index >= 15 is 0 Å². The van der Waals surface area contributed by atoms with Gasteiger partial charge in [-0.15, -0.1) is 0 Å². The Hall–Kier alpha value is -0.470. The predicted octanol–water partition coefficient (Wildman–Crippen LogP) is 4.69. The molecule has 20 heavy (non-hydrogen) atoms. The van der Waals surface area contributed by atoms with Crippen molar-refractivity contribution in [2.45, 2.75) is 57.2 Å². The molecule has 1 aliphatic carbocycles. The van der Waals surface area contributed by atoms with Crippen LogP contribution in [0, 0.1) is 5.92 Å². The third-order valence-corrected chi connectivity index (χ3v) is 5.79. The molecule has 0 aromatic heterocycles. The van der Waals surface area contributed by atoms with E-state index in [0.717, 1.165) is 17.8 Å². The minimum absolute atomic E-state index is 0.629. The highest BCUT2D eigenvalue weighted by Gasteiger charge is 2.27. The lowest BCUT2D eigenvalue weighted by Gasteiger charge is -2.26. The summed E-state index contributed by atoms with van der Waals surface area (Å²) in [5.41, 5.74) is 1.48. The predicted molar refractivity (Wildman–Crippen MR) is 91.6 cm³/mol. The Morgan fingerprint density at radius 2 is 1.95 bits per heavy atom. The summed E-state index contributed by atoms with van der Waals surface area (Å²) < 4.78 is 0. The molecule has 1 aliphatic rings. The molecular formula is C18H29NS. The van der Waals surface area contributed by atoms with Crippen molar-refractivity contribution in [3.05, 3.63) is 35.9 Å². The summed E-state index contributed by atoms with van der Waals surface area (Å²) >= 11 is 2.14. The summed E-state index contributed by atoms with van der Waals surface area (Å²) in [6.07, 6.45) is 4.15. The van der Waals surface area contributed by atoms with E-state index < -0.39 is 0 Å². The molecule has 0 bridgehead atoms. The van der Waals surface area contributed by atoms with Crippen LogP contribution in [-0.4, -0.2) is 23.6 Å². The molecule has 0 aliphatic heterocycles. The first kappa shape index (κ1) is 15.9. The molecule has 1 N–H and O–H groups in total.